The number of carbonyl (C=O) groups excluding carboxylic acids is 1. The first-order chi connectivity index (χ1) is 19.6. The molecule has 0 saturated heterocycles. The maximum atomic E-state index is 13.3. The van der Waals surface area contributed by atoms with Gasteiger partial charge in [0.05, 0.1) is 31.2 Å². The van der Waals surface area contributed by atoms with Gasteiger partial charge in [-0.2, -0.15) is 0 Å². The van der Waals surface area contributed by atoms with Gasteiger partial charge in [0.2, 0.25) is 0 Å². The van der Waals surface area contributed by atoms with E-state index in [0.717, 1.165) is 71.4 Å². The summed E-state index contributed by atoms with van der Waals surface area (Å²) < 4.78 is 12.8. The third-order valence-electron chi connectivity index (χ3n) is 7.61. The molecule has 0 aliphatic heterocycles. The van der Waals surface area contributed by atoms with Gasteiger partial charge in [-0.3, -0.25) is 4.79 Å². The molecule has 4 aromatic rings. The van der Waals surface area contributed by atoms with Gasteiger partial charge in [-0.15, -0.1) is 11.3 Å². The first kappa shape index (κ1) is 27.7. The molecule has 40 heavy (non-hydrogen) atoms. The molecule has 1 aliphatic rings. The van der Waals surface area contributed by atoms with Gasteiger partial charge in [-0.05, 0) is 93.5 Å². The molecule has 0 radical (unpaired) electrons. The number of thiazole rings is 1. The summed E-state index contributed by atoms with van der Waals surface area (Å²) in [6.07, 6.45) is 8.95. The van der Waals surface area contributed by atoms with E-state index in [4.69, 9.17) is 14.5 Å². The van der Waals surface area contributed by atoms with Crippen LogP contribution in [-0.2, 0) is 13.0 Å². The van der Waals surface area contributed by atoms with Crippen LogP contribution < -0.4 is 14.8 Å². The van der Waals surface area contributed by atoms with E-state index in [1.54, 1.807) is 25.6 Å². The van der Waals surface area contributed by atoms with E-state index >= 15 is 0 Å². The fraction of sp³-hybridized carbons (Fsp3) is 0.333. The highest BCUT2D eigenvalue weighted by Crippen LogP contribution is 2.32. The molecule has 7 heteroatoms. The van der Waals surface area contributed by atoms with Crippen LogP contribution in [0.1, 0.15) is 53.7 Å². The summed E-state index contributed by atoms with van der Waals surface area (Å²) in [5.74, 6) is 1.64. The highest BCUT2D eigenvalue weighted by molar-refractivity contribution is 7.13. The summed E-state index contributed by atoms with van der Waals surface area (Å²) in [6.45, 7) is 3.44. The van der Waals surface area contributed by atoms with Crippen molar-refractivity contribution in [1.82, 2.24) is 14.9 Å². The van der Waals surface area contributed by atoms with Crippen molar-refractivity contribution in [3.8, 4) is 33.5 Å². The Balaban J connectivity index is 1.39. The van der Waals surface area contributed by atoms with E-state index in [1.165, 1.54) is 24.0 Å². The average molecular weight is 556 g/mol. The third-order valence-corrected chi connectivity index (χ3v) is 8.51. The lowest BCUT2D eigenvalue weighted by atomic mass is 9.97. The average Bonchev–Trinajstić information content (AvgIpc) is 3.61. The Kier molecular flexibility index (Phi) is 9.01. The minimum absolute atomic E-state index is 0.0241. The molecule has 0 saturated carbocycles. The Morgan fingerprint density at radius 3 is 2.40 bits per heavy atom. The molecule has 1 amide bonds. The van der Waals surface area contributed by atoms with Gasteiger partial charge in [0.25, 0.3) is 5.91 Å². The van der Waals surface area contributed by atoms with Crippen LogP contribution >= 0.6 is 11.3 Å². The van der Waals surface area contributed by atoms with Crippen molar-refractivity contribution < 1.29 is 14.3 Å². The number of aryl methyl sites for hydroxylation is 1. The predicted molar refractivity (Wildman–Crippen MR) is 162 cm³/mol. The Bertz CT molecular complexity index is 1470. The topological polar surface area (TPSA) is 65.4 Å². The van der Waals surface area contributed by atoms with Crippen molar-refractivity contribution in [2.75, 3.05) is 20.8 Å². The van der Waals surface area contributed by atoms with Gasteiger partial charge in [-0.25, -0.2) is 4.98 Å². The summed E-state index contributed by atoms with van der Waals surface area (Å²) in [4.78, 5) is 18.3. The standard InChI is InChI=1S/C33H37N3O3S/c1-23-29(32(37)34-19-17-24-7-5-4-6-8-24)21-31(36(23)20-18-25-9-13-27(38-2)14-10-25)30-22-40-33(35-30)26-11-15-28(39-3)16-12-26/h7,9-16,21-22H,4-6,8,17-20H2,1-3H3,(H,34,37). The second kappa shape index (κ2) is 13.0. The van der Waals surface area contributed by atoms with Crippen molar-refractivity contribution in [2.45, 2.75) is 52.0 Å². The van der Waals surface area contributed by atoms with E-state index in [-0.39, 0.29) is 5.91 Å². The van der Waals surface area contributed by atoms with Crippen LogP contribution in [-0.4, -0.2) is 36.2 Å². The maximum Gasteiger partial charge on any atom is 0.253 e. The number of ether oxygens (including phenoxy) is 2. The molecule has 2 aromatic heterocycles. The summed E-state index contributed by atoms with van der Waals surface area (Å²) >= 11 is 1.61. The third kappa shape index (κ3) is 6.48. The van der Waals surface area contributed by atoms with E-state index in [9.17, 15) is 4.79 Å². The number of nitrogens with zero attached hydrogens (tertiary/aromatic N) is 2. The van der Waals surface area contributed by atoms with E-state index in [1.807, 2.05) is 49.4 Å². The molecule has 208 valence electrons. The second-order valence-corrected chi connectivity index (χ2v) is 11.0. The lowest BCUT2D eigenvalue weighted by molar-refractivity contribution is 0.0953. The van der Waals surface area contributed by atoms with Crippen LogP contribution in [0, 0.1) is 6.92 Å². The number of hydrogen-bond donors (Lipinski definition) is 1. The first-order valence-corrected chi connectivity index (χ1v) is 14.8. The van der Waals surface area contributed by atoms with Crippen LogP contribution in [0.2, 0.25) is 0 Å². The van der Waals surface area contributed by atoms with Crippen molar-refractivity contribution in [3.63, 3.8) is 0 Å². The normalized spacial score (nSPS) is 13.1. The summed E-state index contributed by atoms with van der Waals surface area (Å²) in [6, 6.07) is 18.1. The number of aromatic nitrogens is 2. The number of allylic oxidation sites excluding steroid dienone is 1. The zero-order valence-electron chi connectivity index (χ0n) is 23.5. The molecule has 0 atom stereocenters. The van der Waals surface area contributed by atoms with Crippen LogP contribution in [0.3, 0.4) is 0 Å². The Morgan fingerprint density at radius 1 is 1.00 bits per heavy atom. The minimum Gasteiger partial charge on any atom is -0.497 e. The predicted octanol–water partition coefficient (Wildman–Crippen LogP) is 7.47. The van der Waals surface area contributed by atoms with Gasteiger partial charge in [0.15, 0.2) is 0 Å². The van der Waals surface area contributed by atoms with Crippen molar-refractivity contribution in [2.24, 2.45) is 0 Å². The van der Waals surface area contributed by atoms with Gasteiger partial charge >= 0.3 is 0 Å². The zero-order valence-corrected chi connectivity index (χ0v) is 24.4. The number of nitrogens with one attached hydrogen (secondary N) is 1. The molecule has 5 rings (SSSR count). The lowest BCUT2D eigenvalue weighted by Crippen LogP contribution is -2.25. The van der Waals surface area contributed by atoms with Gasteiger partial charge < -0.3 is 19.4 Å². The number of amides is 1. The van der Waals surface area contributed by atoms with Gasteiger partial charge in [0, 0.05) is 29.7 Å². The fourth-order valence-electron chi connectivity index (χ4n) is 5.23. The number of rotatable bonds is 11. The molecule has 2 aromatic carbocycles. The number of benzene rings is 2. The smallest absolute Gasteiger partial charge is 0.253 e. The molecule has 1 N–H and O–H groups in total. The molecular formula is C33H37N3O3S. The van der Waals surface area contributed by atoms with Crippen molar-refractivity contribution in [3.05, 3.63) is 88.4 Å². The van der Waals surface area contributed by atoms with Crippen molar-refractivity contribution >= 4 is 17.2 Å². The minimum atomic E-state index is -0.0241. The van der Waals surface area contributed by atoms with Gasteiger partial charge in [0.1, 0.15) is 16.5 Å². The molecule has 6 nitrogen and oxygen atoms in total. The van der Waals surface area contributed by atoms with E-state index < -0.39 is 0 Å². The molecule has 2 heterocycles. The number of carbonyl (C=O) groups is 1. The summed E-state index contributed by atoms with van der Waals surface area (Å²) in [5, 5.41) is 6.18. The highest BCUT2D eigenvalue weighted by Gasteiger charge is 2.20. The molecular weight excluding hydrogens is 518 g/mol. The fourth-order valence-corrected chi connectivity index (χ4v) is 6.05. The van der Waals surface area contributed by atoms with Crippen molar-refractivity contribution in [1.29, 1.82) is 0 Å². The Morgan fingerprint density at radius 2 is 1.73 bits per heavy atom. The first-order valence-electron chi connectivity index (χ1n) is 13.9. The molecule has 0 spiro atoms. The maximum absolute atomic E-state index is 13.3. The molecule has 0 bridgehead atoms. The van der Waals surface area contributed by atoms with Crippen LogP contribution in [0.4, 0.5) is 0 Å². The number of hydrogen-bond acceptors (Lipinski definition) is 5. The largest absolute Gasteiger partial charge is 0.497 e. The number of methoxy groups -OCH3 is 2. The molecule has 0 fully saturated rings. The highest BCUT2D eigenvalue weighted by atomic mass is 32.1. The monoisotopic (exact) mass is 555 g/mol. The summed E-state index contributed by atoms with van der Waals surface area (Å²) in [7, 11) is 3.34. The summed E-state index contributed by atoms with van der Waals surface area (Å²) in [5.41, 5.74) is 7.22. The Hall–Kier alpha value is -3.84. The van der Waals surface area contributed by atoms with Crippen LogP contribution in [0.5, 0.6) is 11.5 Å². The second-order valence-electron chi connectivity index (χ2n) is 10.2. The van der Waals surface area contributed by atoms with Crippen LogP contribution in [0.25, 0.3) is 22.0 Å². The van der Waals surface area contributed by atoms with Gasteiger partial charge in [-0.1, -0.05) is 23.8 Å². The van der Waals surface area contributed by atoms with E-state index in [0.29, 0.717) is 12.1 Å². The Labute approximate surface area is 240 Å². The molecule has 1 aliphatic carbocycles. The van der Waals surface area contributed by atoms with E-state index in [2.05, 4.69) is 33.5 Å². The van der Waals surface area contributed by atoms with Crippen LogP contribution in [0.15, 0.2) is 71.6 Å². The SMILES string of the molecule is COc1ccc(CCn2c(-c3csc(-c4ccc(OC)cc4)n3)cc(C(=O)NCCC3=CCCCC3)c2C)cc1. The zero-order chi connectivity index (χ0) is 27.9. The lowest BCUT2D eigenvalue weighted by Gasteiger charge is -2.13. The quantitative estimate of drug-likeness (QED) is 0.195. The molecule has 0 unspecified atom stereocenters.